The first-order valence-electron chi connectivity index (χ1n) is 10.3. The van der Waals surface area contributed by atoms with Crippen LogP contribution in [-0.2, 0) is 10.8 Å². The normalized spacial score (nSPS) is 17.1. The molecule has 2 amide bonds. The van der Waals surface area contributed by atoms with E-state index in [-0.39, 0.29) is 44.3 Å². The number of rotatable bonds is 7. The Hall–Kier alpha value is -2.87. The summed E-state index contributed by atoms with van der Waals surface area (Å²) in [5.41, 5.74) is -0.832. The molecule has 1 aromatic carbocycles. The molecule has 0 radical (unpaired) electrons. The Labute approximate surface area is 224 Å². The van der Waals surface area contributed by atoms with Gasteiger partial charge in [0.2, 0.25) is 5.88 Å². The van der Waals surface area contributed by atoms with Crippen molar-refractivity contribution >= 4 is 63.1 Å². The van der Waals surface area contributed by atoms with Gasteiger partial charge in [0.15, 0.2) is 5.82 Å². The van der Waals surface area contributed by atoms with Crippen molar-refractivity contribution in [2.45, 2.75) is 12.3 Å². The number of amides is 2. The number of nitrogens with one attached hydrogen (secondary N) is 2. The van der Waals surface area contributed by atoms with Crippen LogP contribution >= 0.6 is 34.8 Å². The molecule has 3 aromatic rings. The predicted molar refractivity (Wildman–Crippen MR) is 131 cm³/mol. The SMILES string of the molecule is O=C(NCC(F)(F)F)c1cc(Cl)cc(Cl)c1NC(=O)c1cc(OC2CS(=O)C2)nn1-c1ncccc1Cl. The lowest BCUT2D eigenvalue weighted by atomic mass is 10.1. The van der Waals surface area contributed by atoms with E-state index >= 15 is 0 Å². The molecule has 37 heavy (non-hydrogen) atoms. The van der Waals surface area contributed by atoms with Crippen LogP contribution in [0.4, 0.5) is 18.9 Å². The number of carbonyl (C=O) groups is 2. The fourth-order valence-electron chi connectivity index (χ4n) is 3.21. The highest BCUT2D eigenvalue weighted by atomic mass is 35.5. The van der Waals surface area contributed by atoms with E-state index in [9.17, 15) is 27.0 Å². The zero-order valence-electron chi connectivity index (χ0n) is 18.3. The van der Waals surface area contributed by atoms with E-state index in [4.69, 9.17) is 39.5 Å². The summed E-state index contributed by atoms with van der Waals surface area (Å²) < 4.78 is 56.0. The summed E-state index contributed by atoms with van der Waals surface area (Å²) in [5, 5.41) is 8.27. The first kappa shape index (κ1) is 27.2. The number of benzene rings is 1. The highest BCUT2D eigenvalue weighted by Crippen LogP contribution is 2.32. The van der Waals surface area contributed by atoms with Gasteiger partial charge in [-0.25, -0.2) is 9.67 Å². The van der Waals surface area contributed by atoms with Gasteiger partial charge < -0.3 is 15.4 Å². The molecule has 0 aliphatic carbocycles. The van der Waals surface area contributed by atoms with Gasteiger partial charge in [0.05, 0.1) is 32.8 Å². The van der Waals surface area contributed by atoms with E-state index in [1.54, 1.807) is 11.4 Å². The van der Waals surface area contributed by atoms with Crippen LogP contribution in [0.3, 0.4) is 0 Å². The molecule has 1 saturated heterocycles. The van der Waals surface area contributed by atoms with Crippen molar-refractivity contribution in [2.75, 3.05) is 23.4 Å². The highest BCUT2D eigenvalue weighted by Gasteiger charge is 2.31. The average molecular weight is 597 g/mol. The summed E-state index contributed by atoms with van der Waals surface area (Å²) in [4.78, 5) is 30.0. The summed E-state index contributed by atoms with van der Waals surface area (Å²) >= 11 is 18.4. The monoisotopic (exact) mass is 595 g/mol. The van der Waals surface area contributed by atoms with Crippen LogP contribution in [0, 0.1) is 0 Å². The van der Waals surface area contributed by atoms with Crippen LogP contribution in [0.15, 0.2) is 36.5 Å². The van der Waals surface area contributed by atoms with Crippen LogP contribution in [0.1, 0.15) is 20.8 Å². The number of hydrogen-bond acceptors (Lipinski definition) is 6. The summed E-state index contributed by atoms with van der Waals surface area (Å²) in [6.45, 7) is -1.61. The molecule has 1 aliphatic heterocycles. The third kappa shape index (κ3) is 6.53. The Bertz CT molecular complexity index is 1390. The molecule has 4 rings (SSSR count). The van der Waals surface area contributed by atoms with E-state index < -0.39 is 40.9 Å². The molecule has 2 aromatic heterocycles. The molecule has 16 heteroatoms. The number of carbonyl (C=O) groups excluding carboxylic acids is 2. The predicted octanol–water partition coefficient (Wildman–Crippen LogP) is 4.28. The molecule has 1 aliphatic rings. The lowest BCUT2D eigenvalue weighted by molar-refractivity contribution is -0.123. The van der Waals surface area contributed by atoms with Crippen LogP contribution in [0.5, 0.6) is 5.88 Å². The zero-order chi connectivity index (χ0) is 26.9. The molecule has 0 saturated carbocycles. The quantitative estimate of drug-likeness (QED) is 0.421. The van der Waals surface area contributed by atoms with Gasteiger partial charge in [-0.1, -0.05) is 34.8 Å². The first-order valence-corrected chi connectivity index (χ1v) is 12.9. The molecular weight excluding hydrogens is 582 g/mol. The van der Waals surface area contributed by atoms with Crippen molar-refractivity contribution < 1.29 is 31.7 Å². The third-order valence-corrected chi connectivity index (χ3v) is 7.18. The van der Waals surface area contributed by atoms with Crippen molar-refractivity contribution in [3.8, 4) is 11.7 Å². The molecule has 0 unspecified atom stereocenters. The molecule has 1 fully saturated rings. The summed E-state index contributed by atoms with van der Waals surface area (Å²) in [6.07, 6.45) is -3.62. The second-order valence-corrected chi connectivity index (χ2v) is 10.5. The second kappa shape index (κ2) is 10.9. The lowest BCUT2D eigenvalue weighted by Gasteiger charge is -2.24. The second-order valence-electron chi connectivity index (χ2n) is 7.66. The van der Waals surface area contributed by atoms with Crippen molar-refractivity contribution in [1.29, 1.82) is 0 Å². The smallest absolute Gasteiger partial charge is 0.405 e. The van der Waals surface area contributed by atoms with Gasteiger partial charge in [-0.15, -0.1) is 5.10 Å². The number of anilines is 1. The van der Waals surface area contributed by atoms with Crippen LogP contribution in [0.2, 0.25) is 15.1 Å². The summed E-state index contributed by atoms with van der Waals surface area (Å²) in [6, 6.07) is 6.62. The molecule has 0 bridgehead atoms. The average Bonchev–Trinajstić information content (AvgIpc) is 3.21. The third-order valence-electron chi connectivity index (χ3n) is 4.88. The zero-order valence-corrected chi connectivity index (χ0v) is 21.4. The number of nitrogens with zero attached hydrogens (tertiary/aromatic N) is 3. The highest BCUT2D eigenvalue weighted by molar-refractivity contribution is 7.86. The Morgan fingerprint density at radius 1 is 1.14 bits per heavy atom. The van der Waals surface area contributed by atoms with E-state index in [1.165, 1.54) is 24.4 Å². The van der Waals surface area contributed by atoms with E-state index in [1.807, 2.05) is 0 Å². The van der Waals surface area contributed by atoms with Crippen molar-refractivity contribution in [3.05, 3.63) is 62.9 Å². The number of aromatic nitrogens is 3. The van der Waals surface area contributed by atoms with Gasteiger partial charge >= 0.3 is 6.18 Å². The number of ether oxygens (including phenoxy) is 1. The van der Waals surface area contributed by atoms with Crippen molar-refractivity contribution in [3.63, 3.8) is 0 Å². The Morgan fingerprint density at radius 3 is 2.51 bits per heavy atom. The van der Waals surface area contributed by atoms with Crippen LogP contribution in [-0.4, -0.2) is 61.1 Å². The van der Waals surface area contributed by atoms with Gasteiger partial charge in [0.1, 0.15) is 18.3 Å². The van der Waals surface area contributed by atoms with Crippen molar-refractivity contribution in [1.82, 2.24) is 20.1 Å². The van der Waals surface area contributed by atoms with Crippen LogP contribution < -0.4 is 15.4 Å². The Balaban J connectivity index is 1.68. The maximum absolute atomic E-state index is 13.3. The largest absolute Gasteiger partial charge is 0.471 e. The van der Waals surface area contributed by atoms with Crippen LogP contribution in [0.25, 0.3) is 5.82 Å². The minimum Gasteiger partial charge on any atom is -0.471 e. The lowest BCUT2D eigenvalue weighted by Crippen LogP contribution is -2.41. The van der Waals surface area contributed by atoms with E-state index in [2.05, 4.69) is 15.4 Å². The molecule has 0 atom stereocenters. The maximum Gasteiger partial charge on any atom is 0.405 e. The van der Waals surface area contributed by atoms with Gasteiger partial charge in [-0.3, -0.25) is 13.8 Å². The molecule has 2 N–H and O–H groups in total. The van der Waals surface area contributed by atoms with Gasteiger partial charge in [-0.05, 0) is 24.3 Å². The molecule has 9 nitrogen and oxygen atoms in total. The number of alkyl halides is 3. The fourth-order valence-corrected chi connectivity index (χ4v) is 4.82. The first-order chi connectivity index (χ1) is 17.4. The van der Waals surface area contributed by atoms with E-state index in [0.717, 1.165) is 10.7 Å². The molecule has 196 valence electrons. The molecule has 3 heterocycles. The summed E-state index contributed by atoms with van der Waals surface area (Å²) in [5.74, 6) is -1.34. The van der Waals surface area contributed by atoms with Gasteiger partial charge in [0, 0.05) is 28.1 Å². The van der Waals surface area contributed by atoms with E-state index in [0.29, 0.717) is 11.5 Å². The van der Waals surface area contributed by atoms with Gasteiger partial charge in [-0.2, -0.15) is 13.2 Å². The number of hydrogen-bond donors (Lipinski definition) is 2. The standard InChI is InChI=1S/C21H15Cl3F3N5O4S/c22-10-4-12(19(33)29-9-21(25,26)27)17(14(24)5-10)30-20(34)15-6-16(36-11-7-37(35)8-11)31-32(15)18-13(23)2-1-3-28-18/h1-6,11H,7-9H2,(H,29,33)(H,30,34). The maximum atomic E-state index is 13.3. The fraction of sp³-hybridized carbons (Fsp3) is 0.238. The topological polar surface area (TPSA) is 115 Å². The Kier molecular flexibility index (Phi) is 7.97. The minimum absolute atomic E-state index is 0.0129. The number of pyridine rings is 1. The van der Waals surface area contributed by atoms with Gasteiger partial charge in [0.25, 0.3) is 11.8 Å². The Morgan fingerprint density at radius 2 is 1.86 bits per heavy atom. The van der Waals surface area contributed by atoms with Crippen molar-refractivity contribution in [2.24, 2.45) is 0 Å². The minimum atomic E-state index is -4.67. The molecule has 0 spiro atoms. The summed E-state index contributed by atoms with van der Waals surface area (Å²) in [7, 11) is -0.995. The molecular formula is C21H15Cl3F3N5O4S. The number of halogens is 6.